The number of hydrogen-bond donors (Lipinski definition) is 1. The summed E-state index contributed by atoms with van der Waals surface area (Å²) in [7, 11) is 0. The van der Waals surface area contributed by atoms with Crippen LogP contribution in [0.15, 0.2) is 16.4 Å². The van der Waals surface area contributed by atoms with Crippen LogP contribution in [0.3, 0.4) is 0 Å². The zero-order chi connectivity index (χ0) is 16.6. The number of anilines is 1. The van der Waals surface area contributed by atoms with Crippen LogP contribution in [0.4, 0.5) is 5.13 Å². The third kappa shape index (κ3) is 3.15. The Bertz CT molecular complexity index is 925. The molecule has 3 heterocycles. The van der Waals surface area contributed by atoms with Gasteiger partial charge in [0.05, 0.1) is 0 Å². The van der Waals surface area contributed by atoms with Crippen LogP contribution in [0.5, 0.6) is 0 Å². The molecule has 0 bridgehead atoms. The third-order valence-electron chi connectivity index (χ3n) is 3.13. The molecule has 0 aliphatic carbocycles. The highest BCUT2D eigenvalue weighted by molar-refractivity contribution is 7.15. The predicted octanol–water partition coefficient (Wildman–Crippen LogP) is 2.37. The van der Waals surface area contributed by atoms with Crippen molar-refractivity contribution in [1.82, 2.24) is 19.6 Å². The molecule has 3 aromatic rings. The molecule has 0 spiro atoms. The van der Waals surface area contributed by atoms with E-state index in [0.29, 0.717) is 16.0 Å². The summed E-state index contributed by atoms with van der Waals surface area (Å²) in [5.74, 6) is -0.0564. The van der Waals surface area contributed by atoms with Gasteiger partial charge in [0, 0.05) is 23.7 Å². The second-order valence-electron chi connectivity index (χ2n) is 5.53. The number of fused-ring (bicyclic) bond motifs is 1. The van der Waals surface area contributed by atoms with Crippen LogP contribution in [0, 0.1) is 12.8 Å². The van der Waals surface area contributed by atoms with Gasteiger partial charge < -0.3 is 0 Å². The number of rotatable bonds is 4. The minimum Gasteiger partial charge on any atom is -0.296 e. The van der Waals surface area contributed by atoms with E-state index >= 15 is 0 Å². The molecule has 0 radical (unpaired) electrons. The number of nitrogens with one attached hydrogen (secondary N) is 1. The van der Waals surface area contributed by atoms with E-state index < -0.39 is 5.91 Å². The number of amides is 1. The van der Waals surface area contributed by atoms with Crippen LogP contribution in [-0.2, 0) is 6.42 Å². The van der Waals surface area contributed by atoms with Gasteiger partial charge in [-0.05, 0) is 12.8 Å². The van der Waals surface area contributed by atoms with E-state index in [1.807, 2.05) is 5.38 Å². The van der Waals surface area contributed by atoms with Crippen molar-refractivity contribution in [3.8, 4) is 0 Å². The number of carbonyl (C=O) groups excluding carboxylic acids is 1. The molecule has 3 rings (SSSR count). The lowest BCUT2D eigenvalue weighted by atomic mass is 10.1. The number of thiazole rings is 1. The number of nitrogens with zero attached hydrogens (tertiary/aromatic N) is 4. The summed E-state index contributed by atoms with van der Waals surface area (Å²) in [5.41, 5.74) is 0.370. The second kappa shape index (κ2) is 6.17. The molecule has 0 saturated heterocycles. The molecule has 120 valence electrons. The average molecular weight is 349 g/mol. The molecule has 0 aliphatic heterocycles. The number of carbonyl (C=O) groups is 1. The van der Waals surface area contributed by atoms with Crippen molar-refractivity contribution in [1.29, 1.82) is 0 Å². The van der Waals surface area contributed by atoms with Crippen LogP contribution >= 0.6 is 22.7 Å². The Labute approximate surface area is 140 Å². The van der Waals surface area contributed by atoms with Gasteiger partial charge in [0.15, 0.2) is 4.96 Å². The van der Waals surface area contributed by atoms with Gasteiger partial charge in [0.25, 0.3) is 11.5 Å². The topological polar surface area (TPSA) is 89.2 Å². The zero-order valence-electron chi connectivity index (χ0n) is 12.9. The molecule has 0 saturated carbocycles. The van der Waals surface area contributed by atoms with Crippen molar-refractivity contribution in [3.63, 3.8) is 0 Å². The van der Waals surface area contributed by atoms with Gasteiger partial charge in [0.1, 0.15) is 10.6 Å². The van der Waals surface area contributed by atoms with Crippen molar-refractivity contribution >= 4 is 38.7 Å². The molecular formula is C14H15N5O2S2. The lowest BCUT2D eigenvalue weighted by Gasteiger charge is -2.02. The normalized spacial score (nSPS) is 11.3. The second-order valence-corrected chi connectivity index (χ2v) is 7.42. The van der Waals surface area contributed by atoms with E-state index in [-0.39, 0.29) is 11.1 Å². The van der Waals surface area contributed by atoms with Crippen molar-refractivity contribution < 1.29 is 4.79 Å². The van der Waals surface area contributed by atoms with Crippen molar-refractivity contribution in [3.05, 3.63) is 38.2 Å². The van der Waals surface area contributed by atoms with Crippen molar-refractivity contribution in [2.45, 2.75) is 27.2 Å². The highest BCUT2D eigenvalue weighted by Crippen LogP contribution is 2.19. The quantitative estimate of drug-likeness (QED) is 0.781. The maximum absolute atomic E-state index is 12.4. The van der Waals surface area contributed by atoms with Gasteiger partial charge >= 0.3 is 0 Å². The molecule has 0 fully saturated rings. The number of hydrogen-bond acceptors (Lipinski definition) is 7. The summed E-state index contributed by atoms with van der Waals surface area (Å²) >= 11 is 2.68. The molecule has 0 unspecified atom stereocenters. The van der Waals surface area contributed by atoms with E-state index in [1.54, 1.807) is 6.92 Å². The highest BCUT2D eigenvalue weighted by Gasteiger charge is 2.17. The lowest BCUT2D eigenvalue weighted by Crippen LogP contribution is -2.26. The molecular weight excluding hydrogens is 334 g/mol. The standard InChI is InChI=1S/C14H15N5O2S2/c1-7(2)4-10-17-18-13(23-10)16-11(20)9-5-15-14-19(12(9)21)8(3)6-22-14/h5-7H,4H2,1-3H3,(H,16,18,20). The average Bonchev–Trinajstić information content (AvgIpc) is 3.06. The summed E-state index contributed by atoms with van der Waals surface area (Å²) < 4.78 is 1.43. The minimum atomic E-state index is -0.519. The Morgan fingerprint density at radius 1 is 1.39 bits per heavy atom. The Balaban J connectivity index is 1.86. The van der Waals surface area contributed by atoms with Gasteiger partial charge in [-0.1, -0.05) is 25.2 Å². The molecule has 1 amide bonds. The fourth-order valence-electron chi connectivity index (χ4n) is 2.08. The Hall–Kier alpha value is -2.13. The zero-order valence-corrected chi connectivity index (χ0v) is 14.5. The fraction of sp³-hybridized carbons (Fsp3) is 0.357. The first kappa shape index (κ1) is 15.8. The maximum Gasteiger partial charge on any atom is 0.271 e. The van der Waals surface area contributed by atoms with E-state index in [4.69, 9.17) is 0 Å². The van der Waals surface area contributed by atoms with Crippen LogP contribution in [0.1, 0.15) is 34.9 Å². The van der Waals surface area contributed by atoms with Gasteiger partial charge in [0.2, 0.25) is 5.13 Å². The lowest BCUT2D eigenvalue weighted by molar-refractivity contribution is 0.102. The van der Waals surface area contributed by atoms with Gasteiger partial charge in [-0.15, -0.1) is 21.5 Å². The molecule has 0 atom stereocenters. The van der Waals surface area contributed by atoms with Crippen LogP contribution < -0.4 is 10.9 Å². The predicted molar refractivity (Wildman–Crippen MR) is 90.5 cm³/mol. The molecule has 9 heteroatoms. The highest BCUT2D eigenvalue weighted by atomic mass is 32.1. The molecule has 23 heavy (non-hydrogen) atoms. The largest absolute Gasteiger partial charge is 0.296 e. The Kier molecular flexibility index (Phi) is 4.22. The Morgan fingerprint density at radius 2 is 2.17 bits per heavy atom. The molecule has 3 aromatic heterocycles. The Morgan fingerprint density at radius 3 is 2.91 bits per heavy atom. The smallest absolute Gasteiger partial charge is 0.271 e. The number of aromatic nitrogens is 4. The molecule has 1 N–H and O–H groups in total. The summed E-state index contributed by atoms with van der Waals surface area (Å²) in [5, 5.41) is 13.7. The summed E-state index contributed by atoms with van der Waals surface area (Å²) in [6.45, 7) is 5.98. The monoisotopic (exact) mass is 349 g/mol. The third-order valence-corrected chi connectivity index (χ3v) is 4.95. The van der Waals surface area contributed by atoms with E-state index in [9.17, 15) is 9.59 Å². The summed E-state index contributed by atoms with van der Waals surface area (Å²) in [6.07, 6.45) is 2.11. The SMILES string of the molecule is Cc1csc2ncc(C(=O)Nc3nnc(CC(C)C)s3)c(=O)n12. The van der Waals surface area contributed by atoms with E-state index in [0.717, 1.165) is 17.1 Å². The van der Waals surface area contributed by atoms with Crippen LogP contribution in [0.2, 0.25) is 0 Å². The van der Waals surface area contributed by atoms with Gasteiger partial charge in [-0.3, -0.25) is 19.3 Å². The number of aryl methyl sites for hydroxylation is 1. The van der Waals surface area contributed by atoms with Gasteiger partial charge in [-0.2, -0.15) is 0 Å². The van der Waals surface area contributed by atoms with E-state index in [2.05, 4.69) is 34.3 Å². The minimum absolute atomic E-state index is 0.00962. The first-order valence-electron chi connectivity index (χ1n) is 7.05. The summed E-state index contributed by atoms with van der Waals surface area (Å²) in [6, 6.07) is 0. The molecule has 7 nitrogen and oxygen atoms in total. The van der Waals surface area contributed by atoms with Crippen LogP contribution in [0.25, 0.3) is 4.96 Å². The van der Waals surface area contributed by atoms with Crippen molar-refractivity contribution in [2.24, 2.45) is 5.92 Å². The molecule has 0 aliphatic rings. The van der Waals surface area contributed by atoms with Gasteiger partial charge in [-0.25, -0.2) is 4.98 Å². The first-order valence-corrected chi connectivity index (χ1v) is 8.75. The first-order chi connectivity index (χ1) is 11.0. The van der Waals surface area contributed by atoms with Crippen molar-refractivity contribution in [2.75, 3.05) is 5.32 Å². The molecule has 0 aromatic carbocycles. The maximum atomic E-state index is 12.4. The van der Waals surface area contributed by atoms with Crippen LogP contribution in [-0.4, -0.2) is 25.5 Å². The van der Waals surface area contributed by atoms with E-state index in [1.165, 1.54) is 33.3 Å². The summed E-state index contributed by atoms with van der Waals surface area (Å²) in [4.78, 5) is 29.5. The fourth-order valence-corrected chi connectivity index (χ4v) is 3.86.